The number of ether oxygens (including phenoxy) is 2. The molecule has 0 saturated carbocycles. The Kier molecular flexibility index (Phi) is 10.7. The lowest BCUT2D eigenvalue weighted by Gasteiger charge is -2.12. The van der Waals surface area contributed by atoms with E-state index in [0.29, 0.717) is 53.2 Å². The second-order valence-electron chi connectivity index (χ2n) is 5.99. The van der Waals surface area contributed by atoms with E-state index in [9.17, 15) is 10.1 Å². The zero-order valence-corrected chi connectivity index (χ0v) is 19.1. The van der Waals surface area contributed by atoms with E-state index in [1.807, 2.05) is 0 Å². The second-order valence-corrected chi connectivity index (χ2v) is 7.82. The van der Waals surface area contributed by atoms with Crippen LogP contribution in [0, 0.1) is 10.1 Å². The molecule has 0 amide bonds. The van der Waals surface area contributed by atoms with Crippen molar-refractivity contribution in [3.05, 3.63) is 72.7 Å². The number of benzene rings is 2. The Hall–Kier alpha value is -2.19. The zero-order valence-electron chi connectivity index (χ0n) is 16.1. The van der Waals surface area contributed by atoms with Crippen LogP contribution in [-0.2, 0) is 4.84 Å². The number of non-ortho nitro benzene ring substituents is 1. The van der Waals surface area contributed by atoms with Crippen LogP contribution in [0.2, 0.25) is 10.0 Å². The Morgan fingerprint density at radius 3 is 2.29 bits per heavy atom. The SMILES string of the molecule is O=[N+]([O-])c1ccc(/C=N/OCCCCOc2c(Cl)cc(OCC=C(Cl)Cl)cc2Cl)cc1. The molecule has 0 saturated heterocycles. The Labute approximate surface area is 199 Å². The lowest BCUT2D eigenvalue weighted by molar-refractivity contribution is -0.384. The summed E-state index contributed by atoms with van der Waals surface area (Å²) < 4.78 is 11.2. The molecule has 0 aliphatic carbocycles. The van der Waals surface area contributed by atoms with Crippen molar-refractivity contribution in [2.24, 2.45) is 5.16 Å². The van der Waals surface area contributed by atoms with Gasteiger partial charge in [-0.25, -0.2) is 0 Å². The first-order valence-electron chi connectivity index (χ1n) is 9.02. The van der Waals surface area contributed by atoms with Crippen LogP contribution in [0.25, 0.3) is 0 Å². The molecule has 2 aromatic carbocycles. The van der Waals surface area contributed by atoms with Crippen molar-refractivity contribution in [2.75, 3.05) is 19.8 Å². The second kappa shape index (κ2) is 13.3. The maximum Gasteiger partial charge on any atom is 0.269 e. The van der Waals surface area contributed by atoms with E-state index in [1.165, 1.54) is 24.4 Å². The maximum absolute atomic E-state index is 10.6. The summed E-state index contributed by atoms with van der Waals surface area (Å²) in [6.07, 6.45) is 4.37. The van der Waals surface area contributed by atoms with Gasteiger partial charge in [0.05, 0.1) is 27.8 Å². The van der Waals surface area contributed by atoms with Gasteiger partial charge in [-0.2, -0.15) is 0 Å². The van der Waals surface area contributed by atoms with Gasteiger partial charge in [-0.05, 0) is 36.6 Å². The van der Waals surface area contributed by atoms with Gasteiger partial charge in [0, 0.05) is 24.3 Å². The molecule has 0 heterocycles. The van der Waals surface area contributed by atoms with E-state index < -0.39 is 4.92 Å². The van der Waals surface area contributed by atoms with Crippen LogP contribution >= 0.6 is 46.4 Å². The molecule has 0 unspecified atom stereocenters. The number of nitro groups is 1. The summed E-state index contributed by atoms with van der Waals surface area (Å²) in [5.74, 6) is 0.839. The average Bonchev–Trinajstić information content (AvgIpc) is 2.71. The summed E-state index contributed by atoms with van der Waals surface area (Å²) in [5, 5.41) is 15.1. The first-order chi connectivity index (χ1) is 14.9. The minimum Gasteiger partial charge on any atom is -0.490 e. The number of unbranched alkanes of at least 4 members (excludes halogenated alkanes) is 1. The molecule has 0 spiro atoms. The quantitative estimate of drug-likeness (QED) is 0.136. The Morgan fingerprint density at radius 1 is 1.03 bits per heavy atom. The Morgan fingerprint density at radius 2 is 1.68 bits per heavy atom. The van der Waals surface area contributed by atoms with Gasteiger partial charge >= 0.3 is 0 Å². The first kappa shape index (κ1) is 25.1. The number of hydrogen-bond donors (Lipinski definition) is 0. The topological polar surface area (TPSA) is 83.2 Å². The number of rotatable bonds is 12. The zero-order chi connectivity index (χ0) is 22.6. The van der Waals surface area contributed by atoms with Gasteiger partial charge < -0.3 is 14.3 Å². The molecule has 31 heavy (non-hydrogen) atoms. The number of nitro benzene ring substituents is 1. The normalized spacial score (nSPS) is 10.7. The molecule has 0 bridgehead atoms. The minimum atomic E-state index is -0.459. The summed E-state index contributed by atoms with van der Waals surface area (Å²) in [5.41, 5.74) is 0.723. The Bertz CT molecular complexity index is 909. The highest BCUT2D eigenvalue weighted by Gasteiger charge is 2.10. The van der Waals surface area contributed by atoms with Crippen LogP contribution in [0.15, 0.2) is 52.1 Å². The molecule has 0 aromatic heterocycles. The van der Waals surface area contributed by atoms with E-state index >= 15 is 0 Å². The van der Waals surface area contributed by atoms with E-state index in [0.717, 1.165) is 0 Å². The Balaban J connectivity index is 1.68. The molecule has 0 atom stereocenters. The number of nitrogens with zero attached hydrogens (tertiary/aromatic N) is 2. The highest BCUT2D eigenvalue weighted by atomic mass is 35.5. The predicted molar refractivity (Wildman–Crippen MR) is 123 cm³/mol. The molecule has 0 radical (unpaired) electrons. The fourth-order valence-electron chi connectivity index (χ4n) is 2.23. The van der Waals surface area contributed by atoms with Crippen molar-refractivity contribution in [2.45, 2.75) is 12.8 Å². The summed E-state index contributed by atoms with van der Waals surface area (Å²) in [6.45, 7) is 0.958. The van der Waals surface area contributed by atoms with E-state index in [2.05, 4.69) is 5.16 Å². The molecule has 0 aliphatic heterocycles. The minimum absolute atomic E-state index is 0.0221. The fourth-order valence-corrected chi connectivity index (χ4v) is 2.94. The highest BCUT2D eigenvalue weighted by Crippen LogP contribution is 2.37. The van der Waals surface area contributed by atoms with Crippen LogP contribution in [0.4, 0.5) is 5.69 Å². The number of oxime groups is 1. The summed E-state index contributed by atoms with van der Waals surface area (Å²) in [7, 11) is 0. The summed E-state index contributed by atoms with van der Waals surface area (Å²) >= 11 is 23.5. The van der Waals surface area contributed by atoms with Crippen molar-refractivity contribution < 1.29 is 19.2 Å². The number of halogens is 4. The molecule has 2 rings (SSSR count). The first-order valence-corrected chi connectivity index (χ1v) is 10.5. The van der Waals surface area contributed by atoms with Crippen molar-refractivity contribution in [3.8, 4) is 11.5 Å². The van der Waals surface area contributed by atoms with E-state index in [1.54, 1.807) is 24.3 Å². The van der Waals surface area contributed by atoms with Crippen molar-refractivity contribution in [1.29, 1.82) is 0 Å². The van der Waals surface area contributed by atoms with Crippen molar-refractivity contribution in [3.63, 3.8) is 0 Å². The van der Waals surface area contributed by atoms with Crippen molar-refractivity contribution >= 4 is 58.3 Å². The van der Waals surface area contributed by atoms with E-state index in [4.69, 9.17) is 60.7 Å². The largest absolute Gasteiger partial charge is 0.490 e. The predicted octanol–water partition coefficient (Wildman–Crippen LogP) is 6.81. The average molecular weight is 508 g/mol. The molecule has 11 heteroatoms. The molecule has 0 fully saturated rings. The molecule has 7 nitrogen and oxygen atoms in total. The molecular formula is C20H18Cl4N2O5. The van der Waals surface area contributed by atoms with Crippen LogP contribution in [0.5, 0.6) is 11.5 Å². The van der Waals surface area contributed by atoms with Crippen LogP contribution in [-0.4, -0.2) is 31.0 Å². The lowest BCUT2D eigenvalue weighted by atomic mass is 10.2. The van der Waals surface area contributed by atoms with Gasteiger partial charge in [-0.15, -0.1) is 0 Å². The summed E-state index contributed by atoms with van der Waals surface area (Å²) in [6, 6.07) is 9.17. The van der Waals surface area contributed by atoms with Crippen LogP contribution < -0.4 is 9.47 Å². The molecule has 166 valence electrons. The third-order valence-electron chi connectivity index (χ3n) is 3.72. The maximum atomic E-state index is 10.6. The fraction of sp³-hybridized carbons (Fsp3) is 0.250. The van der Waals surface area contributed by atoms with Crippen LogP contribution in [0.1, 0.15) is 18.4 Å². The third kappa shape index (κ3) is 9.23. The lowest BCUT2D eigenvalue weighted by Crippen LogP contribution is -2.01. The molecule has 0 N–H and O–H groups in total. The van der Waals surface area contributed by atoms with E-state index in [-0.39, 0.29) is 16.8 Å². The smallest absolute Gasteiger partial charge is 0.269 e. The number of hydrogen-bond acceptors (Lipinski definition) is 6. The summed E-state index contributed by atoms with van der Waals surface area (Å²) in [4.78, 5) is 15.3. The third-order valence-corrected chi connectivity index (χ3v) is 4.59. The molecule has 0 aliphatic rings. The van der Waals surface area contributed by atoms with Crippen LogP contribution in [0.3, 0.4) is 0 Å². The standard InChI is InChI=1S/C20H18Cl4N2O5/c21-17-11-16(29-10-7-19(23)24)12-18(22)20(17)30-8-1-2-9-31-25-13-14-3-5-15(6-4-14)26(27)28/h3-7,11-13H,1-2,8-10H2/b25-13+. The van der Waals surface area contributed by atoms with Crippen molar-refractivity contribution in [1.82, 2.24) is 0 Å². The van der Waals surface area contributed by atoms with Gasteiger partial charge in [0.1, 0.15) is 23.5 Å². The van der Waals surface area contributed by atoms with Gasteiger partial charge in [0.25, 0.3) is 5.69 Å². The monoisotopic (exact) mass is 506 g/mol. The highest BCUT2D eigenvalue weighted by molar-refractivity contribution is 6.55. The van der Waals surface area contributed by atoms with Gasteiger partial charge in [-0.1, -0.05) is 51.6 Å². The molecule has 2 aromatic rings. The molecular weight excluding hydrogens is 490 g/mol. The van der Waals surface area contributed by atoms with Gasteiger partial charge in [0.15, 0.2) is 5.75 Å². The van der Waals surface area contributed by atoms with Gasteiger partial charge in [0.2, 0.25) is 0 Å². The van der Waals surface area contributed by atoms with Gasteiger partial charge in [-0.3, -0.25) is 10.1 Å².